The minimum absolute atomic E-state index is 0.209. The molecular formula is C7H8N2O2. The van der Waals surface area contributed by atoms with Crippen LogP contribution in [0.4, 0.5) is 5.69 Å². The molecule has 1 N–H and O–H groups in total. The van der Waals surface area contributed by atoms with Crippen molar-refractivity contribution in [1.82, 2.24) is 4.57 Å². The Labute approximate surface area is 63.5 Å². The molecule has 11 heavy (non-hydrogen) atoms. The van der Waals surface area contributed by atoms with E-state index in [1.165, 1.54) is 4.57 Å². The van der Waals surface area contributed by atoms with Gasteiger partial charge in [0.05, 0.1) is 0 Å². The lowest BCUT2D eigenvalue weighted by atomic mass is 10.4. The minimum atomic E-state index is -0.209. The molecule has 0 spiro atoms. The zero-order valence-electron chi connectivity index (χ0n) is 6.07. The number of hydrogen-bond donors (Lipinski definition) is 1. The highest BCUT2D eigenvalue weighted by Crippen LogP contribution is 1.94. The average molecular weight is 152 g/mol. The standard InChI is InChI=1S/C7H8N2O2/c1-9-4-2-3-6(7(9)11)8-5-10/h2-5H,1H3,(H,8,10). The van der Waals surface area contributed by atoms with Crippen LogP contribution in [-0.2, 0) is 11.8 Å². The van der Waals surface area contributed by atoms with E-state index < -0.39 is 0 Å². The molecule has 1 heterocycles. The summed E-state index contributed by atoms with van der Waals surface area (Å²) in [6, 6.07) is 3.24. The van der Waals surface area contributed by atoms with Gasteiger partial charge in [-0.2, -0.15) is 0 Å². The first-order valence-corrected chi connectivity index (χ1v) is 3.11. The van der Waals surface area contributed by atoms with E-state index in [4.69, 9.17) is 0 Å². The number of nitrogens with zero attached hydrogens (tertiary/aromatic N) is 1. The van der Waals surface area contributed by atoms with Gasteiger partial charge in [0.1, 0.15) is 5.69 Å². The lowest BCUT2D eigenvalue weighted by Crippen LogP contribution is -2.19. The van der Waals surface area contributed by atoms with Crippen molar-refractivity contribution in [2.75, 3.05) is 5.32 Å². The molecule has 0 radical (unpaired) electrons. The van der Waals surface area contributed by atoms with Crippen molar-refractivity contribution in [1.29, 1.82) is 0 Å². The summed E-state index contributed by atoms with van der Waals surface area (Å²) in [6.07, 6.45) is 2.11. The summed E-state index contributed by atoms with van der Waals surface area (Å²) in [5.74, 6) is 0. The van der Waals surface area contributed by atoms with E-state index in [1.807, 2.05) is 0 Å². The Morgan fingerprint density at radius 3 is 3.00 bits per heavy atom. The van der Waals surface area contributed by atoms with Crippen LogP contribution >= 0.6 is 0 Å². The number of anilines is 1. The third-order valence-electron chi connectivity index (χ3n) is 1.34. The Morgan fingerprint density at radius 1 is 1.64 bits per heavy atom. The van der Waals surface area contributed by atoms with Crippen LogP contribution in [0.5, 0.6) is 0 Å². The Bertz CT molecular complexity index is 316. The molecule has 0 fully saturated rings. The largest absolute Gasteiger partial charge is 0.324 e. The topological polar surface area (TPSA) is 51.1 Å². The number of aromatic nitrogens is 1. The molecule has 1 rings (SSSR count). The summed E-state index contributed by atoms with van der Waals surface area (Å²) in [5.41, 5.74) is 0.0876. The molecule has 0 aromatic carbocycles. The molecule has 4 nitrogen and oxygen atoms in total. The summed E-state index contributed by atoms with van der Waals surface area (Å²) in [7, 11) is 1.62. The molecule has 1 aromatic rings. The maximum Gasteiger partial charge on any atom is 0.274 e. The smallest absolute Gasteiger partial charge is 0.274 e. The monoisotopic (exact) mass is 152 g/mol. The van der Waals surface area contributed by atoms with Crippen molar-refractivity contribution in [3.63, 3.8) is 0 Å². The van der Waals surface area contributed by atoms with Crippen molar-refractivity contribution in [2.45, 2.75) is 0 Å². The molecule has 0 bridgehead atoms. The molecule has 0 unspecified atom stereocenters. The first kappa shape index (κ1) is 7.53. The lowest BCUT2D eigenvalue weighted by Gasteiger charge is -1.99. The molecule has 0 aliphatic rings. The number of nitrogens with one attached hydrogen (secondary N) is 1. The van der Waals surface area contributed by atoms with Crippen molar-refractivity contribution in [2.24, 2.45) is 7.05 Å². The zero-order valence-corrected chi connectivity index (χ0v) is 6.07. The number of aryl methyl sites for hydroxylation is 1. The zero-order chi connectivity index (χ0) is 8.27. The second-order valence-corrected chi connectivity index (χ2v) is 2.10. The predicted octanol–water partition coefficient (Wildman–Crippen LogP) is -0.0464. The number of carbonyl (C=O) groups excluding carboxylic acids is 1. The molecule has 1 aromatic heterocycles. The summed E-state index contributed by atoms with van der Waals surface area (Å²) < 4.78 is 1.39. The van der Waals surface area contributed by atoms with Gasteiger partial charge in [0, 0.05) is 13.2 Å². The van der Waals surface area contributed by atoms with Gasteiger partial charge < -0.3 is 9.88 Å². The minimum Gasteiger partial charge on any atom is -0.324 e. The van der Waals surface area contributed by atoms with E-state index in [0.717, 1.165) is 0 Å². The van der Waals surface area contributed by atoms with E-state index in [9.17, 15) is 9.59 Å². The highest BCUT2D eigenvalue weighted by molar-refractivity contribution is 5.70. The summed E-state index contributed by atoms with van der Waals surface area (Å²) in [5, 5.41) is 2.30. The second-order valence-electron chi connectivity index (χ2n) is 2.10. The van der Waals surface area contributed by atoms with Gasteiger partial charge in [-0.1, -0.05) is 0 Å². The van der Waals surface area contributed by atoms with Crippen molar-refractivity contribution >= 4 is 12.1 Å². The summed E-state index contributed by atoms with van der Waals surface area (Å²) in [6.45, 7) is 0. The Balaban J connectivity index is 3.16. The Kier molecular flexibility index (Phi) is 2.06. The fraction of sp³-hybridized carbons (Fsp3) is 0.143. The van der Waals surface area contributed by atoms with Crippen molar-refractivity contribution in [3.8, 4) is 0 Å². The number of pyridine rings is 1. The van der Waals surface area contributed by atoms with Crippen LogP contribution < -0.4 is 10.9 Å². The third-order valence-corrected chi connectivity index (χ3v) is 1.34. The van der Waals surface area contributed by atoms with Gasteiger partial charge in [-0.3, -0.25) is 9.59 Å². The highest BCUT2D eigenvalue weighted by Gasteiger charge is 1.96. The maximum atomic E-state index is 11.1. The molecular weight excluding hydrogens is 144 g/mol. The van der Waals surface area contributed by atoms with E-state index in [0.29, 0.717) is 12.1 Å². The summed E-state index contributed by atoms with van der Waals surface area (Å²) in [4.78, 5) is 21.1. The van der Waals surface area contributed by atoms with Gasteiger partial charge in [-0.25, -0.2) is 0 Å². The van der Waals surface area contributed by atoms with Gasteiger partial charge in [-0.05, 0) is 12.1 Å². The number of rotatable bonds is 2. The van der Waals surface area contributed by atoms with Gasteiger partial charge in [0.15, 0.2) is 0 Å². The van der Waals surface area contributed by atoms with E-state index >= 15 is 0 Å². The van der Waals surface area contributed by atoms with Gasteiger partial charge in [0.2, 0.25) is 6.41 Å². The second kappa shape index (κ2) is 3.01. The SMILES string of the molecule is Cn1cccc(NC=O)c1=O. The van der Waals surface area contributed by atoms with E-state index in [2.05, 4.69) is 5.32 Å². The fourth-order valence-electron chi connectivity index (χ4n) is 0.771. The predicted molar refractivity (Wildman–Crippen MR) is 41.4 cm³/mol. The molecule has 0 atom stereocenters. The maximum absolute atomic E-state index is 11.1. The lowest BCUT2D eigenvalue weighted by molar-refractivity contribution is -0.105. The van der Waals surface area contributed by atoms with Crippen LogP contribution in [0.1, 0.15) is 0 Å². The van der Waals surface area contributed by atoms with Crippen LogP contribution in [0.3, 0.4) is 0 Å². The van der Waals surface area contributed by atoms with E-state index in [-0.39, 0.29) is 5.56 Å². The van der Waals surface area contributed by atoms with Gasteiger partial charge in [-0.15, -0.1) is 0 Å². The third kappa shape index (κ3) is 1.46. The van der Waals surface area contributed by atoms with Crippen LogP contribution in [0, 0.1) is 0 Å². The van der Waals surface area contributed by atoms with Crippen LogP contribution in [0.2, 0.25) is 0 Å². The Hall–Kier alpha value is -1.58. The molecule has 1 amide bonds. The van der Waals surface area contributed by atoms with E-state index in [1.54, 1.807) is 25.4 Å². The highest BCUT2D eigenvalue weighted by atomic mass is 16.1. The first-order chi connectivity index (χ1) is 5.25. The fourth-order valence-corrected chi connectivity index (χ4v) is 0.771. The molecule has 0 aliphatic carbocycles. The molecule has 4 heteroatoms. The quantitative estimate of drug-likeness (QED) is 0.604. The normalized spacial score (nSPS) is 9.18. The number of carbonyl (C=O) groups is 1. The van der Waals surface area contributed by atoms with Crippen LogP contribution in [-0.4, -0.2) is 11.0 Å². The van der Waals surface area contributed by atoms with Gasteiger partial charge in [0.25, 0.3) is 5.56 Å². The molecule has 58 valence electrons. The molecule has 0 aliphatic heterocycles. The number of hydrogen-bond acceptors (Lipinski definition) is 2. The number of amides is 1. The van der Waals surface area contributed by atoms with Crippen molar-refractivity contribution < 1.29 is 4.79 Å². The average Bonchev–Trinajstić information content (AvgIpc) is 1.99. The first-order valence-electron chi connectivity index (χ1n) is 3.11. The van der Waals surface area contributed by atoms with Crippen LogP contribution in [0.15, 0.2) is 23.1 Å². The Morgan fingerprint density at radius 2 is 2.36 bits per heavy atom. The van der Waals surface area contributed by atoms with Gasteiger partial charge >= 0.3 is 0 Å². The summed E-state index contributed by atoms with van der Waals surface area (Å²) >= 11 is 0. The molecule has 0 saturated carbocycles. The molecule has 0 saturated heterocycles. The van der Waals surface area contributed by atoms with Crippen molar-refractivity contribution in [3.05, 3.63) is 28.7 Å². The van der Waals surface area contributed by atoms with Crippen LogP contribution in [0.25, 0.3) is 0 Å².